The number of nitrogens with zero attached hydrogens (tertiary/aromatic N) is 1. The average molecular weight is 290 g/mol. The van der Waals surface area contributed by atoms with Gasteiger partial charge in [0.1, 0.15) is 5.75 Å². The van der Waals surface area contributed by atoms with Crippen molar-refractivity contribution in [2.24, 2.45) is 0 Å². The maximum Gasteiger partial charge on any atom is 0.180 e. The van der Waals surface area contributed by atoms with Crippen molar-refractivity contribution in [3.8, 4) is 5.75 Å². The van der Waals surface area contributed by atoms with Gasteiger partial charge in [-0.1, -0.05) is 19.1 Å². The third kappa shape index (κ3) is 4.29. The number of carbonyl (C=O) groups excluding carboxylic acids is 1. The molecule has 0 aromatic heterocycles. The quantitative estimate of drug-likeness (QED) is 0.783. The molecule has 0 spiro atoms. The summed E-state index contributed by atoms with van der Waals surface area (Å²) in [6, 6.07) is 8.06. The average Bonchev–Trinajstić information content (AvgIpc) is 2.54. The van der Waals surface area contributed by atoms with E-state index in [1.807, 2.05) is 31.2 Å². The zero-order chi connectivity index (χ0) is 15.1. The second-order valence-corrected chi connectivity index (χ2v) is 5.40. The van der Waals surface area contributed by atoms with Crippen LogP contribution in [0.25, 0.3) is 0 Å². The van der Waals surface area contributed by atoms with Gasteiger partial charge in [0.25, 0.3) is 0 Å². The molecule has 116 valence electrons. The van der Waals surface area contributed by atoms with Gasteiger partial charge in [-0.25, -0.2) is 0 Å². The van der Waals surface area contributed by atoms with E-state index in [-0.39, 0.29) is 5.78 Å². The molecule has 21 heavy (non-hydrogen) atoms. The van der Waals surface area contributed by atoms with Crippen molar-refractivity contribution in [2.75, 3.05) is 32.8 Å². The van der Waals surface area contributed by atoms with E-state index in [4.69, 9.17) is 4.74 Å². The standard InChI is InChI=1S/C17H26N2O2/c1-3-19(14-9-11-18-12-10-14)13-16(20)15-7-5-6-8-17(15)21-4-2/h5-8,14,18H,3-4,9-13H2,1-2H3. The smallest absolute Gasteiger partial charge is 0.180 e. The lowest BCUT2D eigenvalue weighted by molar-refractivity contribution is 0.0870. The van der Waals surface area contributed by atoms with Crippen molar-refractivity contribution in [2.45, 2.75) is 32.7 Å². The topological polar surface area (TPSA) is 41.6 Å². The first-order chi connectivity index (χ1) is 10.3. The zero-order valence-electron chi connectivity index (χ0n) is 13.1. The summed E-state index contributed by atoms with van der Waals surface area (Å²) in [7, 11) is 0. The van der Waals surface area contributed by atoms with E-state index in [9.17, 15) is 4.79 Å². The maximum absolute atomic E-state index is 12.6. The fraction of sp³-hybridized carbons (Fsp3) is 0.588. The molecule has 1 N–H and O–H groups in total. The van der Waals surface area contributed by atoms with Crippen LogP contribution < -0.4 is 10.1 Å². The normalized spacial score (nSPS) is 16.1. The molecule has 1 saturated heterocycles. The molecular formula is C17H26N2O2. The lowest BCUT2D eigenvalue weighted by Crippen LogP contribution is -2.45. The second-order valence-electron chi connectivity index (χ2n) is 5.40. The van der Waals surface area contributed by atoms with Crippen LogP contribution in [0.5, 0.6) is 5.75 Å². The number of likely N-dealkylation sites (N-methyl/N-ethyl adjacent to an activating group) is 1. The Kier molecular flexibility index (Phi) is 6.21. The Bertz CT molecular complexity index is 456. The number of para-hydroxylation sites is 1. The molecule has 0 radical (unpaired) electrons. The fourth-order valence-corrected chi connectivity index (χ4v) is 2.92. The molecule has 4 nitrogen and oxygen atoms in total. The Morgan fingerprint density at radius 1 is 1.29 bits per heavy atom. The number of carbonyl (C=O) groups is 1. The Hall–Kier alpha value is -1.39. The molecule has 4 heteroatoms. The first-order valence-electron chi connectivity index (χ1n) is 7.96. The molecule has 0 saturated carbocycles. The second kappa shape index (κ2) is 8.15. The molecule has 1 aromatic carbocycles. The van der Waals surface area contributed by atoms with Gasteiger partial charge in [-0.15, -0.1) is 0 Å². The molecule has 1 aromatic rings. The van der Waals surface area contributed by atoms with Crippen molar-refractivity contribution >= 4 is 5.78 Å². The monoisotopic (exact) mass is 290 g/mol. The molecule has 0 atom stereocenters. The fourth-order valence-electron chi connectivity index (χ4n) is 2.92. The zero-order valence-corrected chi connectivity index (χ0v) is 13.1. The molecule has 1 aliphatic heterocycles. The van der Waals surface area contributed by atoms with Crippen LogP contribution in [0.4, 0.5) is 0 Å². The van der Waals surface area contributed by atoms with Gasteiger partial charge in [-0.05, 0) is 51.5 Å². The van der Waals surface area contributed by atoms with E-state index in [2.05, 4.69) is 17.1 Å². The summed E-state index contributed by atoms with van der Waals surface area (Å²) in [4.78, 5) is 14.9. The van der Waals surface area contributed by atoms with Gasteiger partial charge in [-0.3, -0.25) is 9.69 Å². The van der Waals surface area contributed by atoms with Crippen molar-refractivity contribution in [3.63, 3.8) is 0 Å². The Morgan fingerprint density at radius 2 is 2.00 bits per heavy atom. The highest BCUT2D eigenvalue weighted by Crippen LogP contribution is 2.20. The van der Waals surface area contributed by atoms with Crippen LogP contribution in [0, 0.1) is 0 Å². The van der Waals surface area contributed by atoms with Gasteiger partial charge in [0, 0.05) is 6.04 Å². The molecule has 0 unspecified atom stereocenters. The van der Waals surface area contributed by atoms with Crippen molar-refractivity contribution in [3.05, 3.63) is 29.8 Å². The summed E-state index contributed by atoms with van der Waals surface area (Å²) in [6.45, 7) is 8.13. The summed E-state index contributed by atoms with van der Waals surface area (Å²) < 4.78 is 5.57. The summed E-state index contributed by atoms with van der Waals surface area (Å²) in [5.41, 5.74) is 0.701. The first kappa shape index (κ1) is 16.0. The minimum absolute atomic E-state index is 0.152. The van der Waals surface area contributed by atoms with Gasteiger partial charge in [0.2, 0.25) is 0 Å². The van der Waals surface area contributed by atoms with Crippen LogP contribution in [0.2, 0.25) is 0 Å². The summed E-state index contributed by atoms with van der Waals surface area (Å²) in [5.74, 6) is 0.853. The Labute approximate surface area is 127 Å². The Balaban J connectivity index is 2.05. The largest absolute Gasteiger partial charge is 0.493 e. The molecule has 1 fully saturated rings. The number of hydrogen-bond donors (Lipinski definition) is 1. The molecule has 0 amide bonds. The van der Waals surface area contributed by atoms with E-state index in [1.54, 1.807) is 0 Å². The molecule has 0 bridgehead atoms. The molecule has 0 aliphatic carbocycles. The van der Waals surface area contributed by atoms with E-state index < -0.39 is 0 Å². The molecule has 2 rings (SSSR count). The van der Waals surface area contributed by atoms with Crippen molar-refractivity contribution in [1.82, 2.24) is 10.2 Å². The third-order valence-corrected chi connectivity index (χ3v) is 4.07. The highest BCUT2D eigenvalue weighted by Gasteiger charge is 2.23. The highest BCUT2D eigenvalue weighted by molar-refractivity contribution is 6.00. The number of nitrogens with one attached hydrogen (secondary N) is 1. The lowest BCUT2D eigenvalue weighted by Gasteiger charge is -2.33. The van der Waals surface area contributed by atoms with Crippen molar-refractivity contribution in [1.29, 1.82) is 0 Å². The summed E-state index contributed by atoms with van der Waals surface area (Å²) in [6.07, 6.45) is 2.24. The SMILES string of the molecule is CCOc1ccccc1C(=O)CN(CC)C1CCNCC1. The number of Topliss-reactive ketones (excluding diaryl/α,β-unsaturated/α-hetero) is 1. The van der Waals surface area contributed by atoms with Crippen LogP contribution in [0.15, 0.2) is 24.3 Å². The number of ether oxygens (including phenoxy) is 1. The van der Waals surface area contributed by atoms with Crippen LogP contribution in [-0.2, 0) is 0 Å². The van der Waals surface area contributed by atoms with Gasteiger partial charge >= 0.3 is 0 Å². The number of rotatable bonds is 7. The van der Waals surface area contributed by atoms with E-state index >= 15 is 0 Å². The van der Waals surface area contributed by atoms with Crippen LogP contribution in [0.3, 0.4) is 0 Å². The maximum atomic E-state index is 12.6. The van der Waals surface area contributed by atoms with E-state index in [0.717, 1.165) is 32.5 Å². The minimum atomic E-state index is 0.152. The van der Waals surface area contributed by atoms with Crippen molar-refractivity contribution < 1.29 is 9.53 Å². The number of piperidine rings is 1. The van der Waals surface area contributed by atoms with Gasteiger partial charge < -0.3 is 10.1 Å². The predicted octanol–water partition coefficient (Wildman–Crippen LogP) is 2.34. The minimum Gasteiger partial charge on any atom is -0.493 e. The lowest BCUT2D eigenvalue weighted by atomic mass is 10.0. The van der Waals surface area contributed by atoms with Gasteiger partial charge in [0.05, 0.1) is 18.7 Å². The van der Waals surface area contributed by atoms with E-state index in [0.29, 0.717) is 30.5 Å². The molecule has 1 aliphatic rings. The van der Waals surface area contributed by atoms with Crippen LogP contribution in [0.1, 0.15) is 37.0 Å². The summed E-state index contributed by atoms with van der Waals surface area (Å²) in [5, 5.41) is 3.37. The molecular weight excluding hydrogens is 264 g/mol. The third-order valence-electron chi connectivity index (χ3n) is 4.07. The molecule has 1 heterocycles. The first-order valence-corrected chi connectivity index (χ1v) is 7.96. The van der Waals surface area contributed by atoms with Gasteiger partial charge in [0.15, 0.2) is 5.78 Å². The van der Waals surface area contributed by atoms with E-state index in [1.165, 1.54) is 0 Å². The Morgan fingerprint density at radius 3 is 2.67 bits per heavy atom. The van der Waals surface area contributed by atoms with Crippen LogP contribution >= 0.6 is 0 Å². The predicted molar refractivity (Wildman–Crippen MR) is 85.1 cm³/mol. The summed E-state index contributed by atoms with van der Waals surface area (Å²) >= 11 is 0. The number of hydrogen-bond acceptors (Lipinski definition) is 4. The number of benzene rings is 1. The number of ketones is 1. The highest BCUT2D eigenvalue weighted by atomic mass is 16.5. The van der Waals surface area contributed by atoms with Crippen LogP contribution in [-0.4, -0.2) is 49.5 Å². The van der Waals surface area contributed by atoms with Gasteiger partial charge in [-0.2, -0.15) is 0 Å².